The third-order valence-electron chi connectivity index (χ3n) is 3.12. The number of nitrogens with one attached hydrogen (secondary N) is 1. The van der Waals surface area contributed by atoms with Crippen molar-refractivity contribution >= 4 is 5.91 Å². The second kappa shape index (κ2) is 7.67. The maximum absolute atomic E-state index is 11.9. The minimum Gasteiger partial charge on any atom is -0.378 e. The summed E-state index contributed by atoms with van der Waals surface area (Å²) in [6.07, 6.45) is 2.83. The second-order valence-corrected chi connectivity index (χ2v) is 5.28. The number of rotatable bonds is 6. The van der Waals surface area contributed by atoms with Crippen LogP contribution in [0, 0.1) is 5.92 Å². The van der Waals surface area contributed by atoms with Crippen LogP contribution in [0.15, 0.2) is 0 Å². The lowest BCUT2D eigenvalue weighted by Gasteiger charge is -2.25. The fraction of sp³-hybridized carbons (Fsp3) is 0.923. The molecule has 0 saturated carbocycles. The van der Waals surface area contributed by atoms with Gasteiger partial charge in [-0.15, -0.1) is 0 Å². The van der Waals surface area contributed by atoms with Crippen LogP contribution in [0.3, 0.4) is 0 Å². The third-order valence-corrected chi connectivity index (χ3v) is 3.12. The van der Waals surface area contributed by atoms with Crippen LogP contribution in [0.2, 0.25) is 0 Å². The van der Waals surface area contributed by atoms with Gasteiger partial charge in [0, 0.05) is 32.6 Å². The van der Waals surface area contributed by atoms with E-state index >= 15 is 0 Å². The van der Waals surface area contributed by atoms with Gasteiger partial charge in [-0.2, -0.15) is 0 Å². The first-order valence-electron chi connectivity index (χ1n) is 6.64. The molecule has 0 bridgehead atoms. The van der Waals surface area contributed by atoms with Crippen molar-refractivity contribution in [2.75, 3.05) is 33.4 Å². The monoisotopic (exact) mass is 242 g/mol. The smallest absolute Gasteiger partial charge is 0.223 e. The average Bonchev–Trinajstić information content (AvgIpc) is 2.29. The SMILES string of the molecule is CC(C)CCCN(C)C(=O)CC1COCCN1. The predicted molar refractivity (Wildman–Crippen MR) is 68.9 cm³/mol. The molecule has 1 aliphatic rings. The summed E-state index contributed by atoms with van der Waals surface area (Å²) in [4.78, 5) is 13.8. The van der Waals surface area contributed by atoms with Gasteiger partial charge in [-0.3, -0.25) is 4.79 Å². The number of hydrogen-bond acceptors (Lipinski definition) is 3. The molecule has 4 heteroatoms. The molecule has 0 spiro atoms. The highest BCUT2D eigenvalue weighted by Gasteiger charge is 2.18. The van der Waals surface area contributed by atoms with Crippen molar-refractivity contribution < 1.29 is 9.53 Å². The van der Waals surface area contributed by atoms with Crippen LogP contribution >= 0.6 is 0 Å². The van der Waals surface area contributed by atoms with Crippen LogP contribution in [0.1, 0.15) is 33.1 Å². The molecule has 1 rings (SSSR count). The Bertz CT molecular complexity index is 225. The highest BCUT2D eigenvalue weighted by Crippen LogP contribution is 2.06. The van der Waals surface area contributed by atoms with Gasteiger partial charge in [0.15, 0.2) is 0 Å². The minimum atomic E-state index is 0.198. The van der Waals surface area contributed by atoms with Gasteiger partial charge >= 0.3 is 0 Å². The quantitative estimate of drug-likeness (QED) is 0.762. The van der Waals surface area contributed by atoms with Gasteiger partial charge in [0.2, 0.25) is 5.91 Å². The van der Waals surface area contributed by atoms with Crippen LogP contribution < -0.4 is 5.32 Å². The molecule has 1 saturated heterocycles. The lowest BCUT2D eigenvalue weighted by molar-refractivity contribution is -0.131. The predicted octanol–water partition coefficient (Wildman–Crippen LogP) is 1.26. The molecule has 1 aliphatic heterocycles. The molecule has 0 aromatic heterocycles. The fourth-order valence-corrected chi connectivity index (χ4v) is 1.98. The first kappa shape index (κ1) is 14.5. The van der Waals surface area contributed by atoms with E-state index in [0.717, 1.165) is 26.1 Å². The normalized spacial score (nSPS) is 20.6. The summed E-state index contributed by atoms with van der Waals surface area (Å²) in [5.41, 5.74) is 0. The molecule has 1 unspecified atom stereocenters. The molecule has 100 valence electrons. The number of carbonyl (C=O) groups excluding carboxylic acids is 1. The molecule has 0 aliphatic carbocycles. The summed E-state index contributed by atoms with van der Waals surface area (Å²) in [5.74, 6) is 0.934. The summed E-state index contributed by atoms with van der Waals surface area (Å²) in [5, 5.41) is 3.31. The topological polar surface area (TPSA) is 41.6 Å². The Morgan fingerprint density at radius 2 is 2.29 bits per heavy atom. The van der Waals surface area contributed by atoms with Gasteiger partial charge in [0.05, 0.1) is 13.2 Å². The number of amides is 1. The zero-order valence-electron chi connectivity index (χ0n) is 11.4. The summed E-state index contributed by atoms with van der Waals surface area (Å²) >= 11 is 0. The van der Waals surface area contributed by atoms with Crippen molar-refractivity contribution in [1.82, 2.24) is 10.2 Å². The zero-order valence-corrected chi connectivity index (χ0v) is 11.4. The summed E-state index contributed by atoms with van der Waals surface area (Å²) < 4.78 is 5.34. The average molecular weight is 242 g/mol. The zero-order chi connectivity index (χ0) is 12.7. The highest BCUT2D eigenvalue weighted by atomic mass is 16.5. The fourth-order valence-electron chi connectivity index (χ4n) is 1.98. The van der Waals surface area contributed by atoms with Crippen molar-refractivity contribution in [3.8, 4) is 0 Å². The van der Waals surface area contributed by atoms with Crippen LogP contribution in [-0.2, 0) is 9.53 Å². The molecule has 1 N–H and O–H groups in total. The van der Waals surface area contributed by atoms with Crippen LogP contribution in [0.25, 0.3) is 0 Å². The highest BCUT2D eigenvalue weighted by molar-refractivity contribution is 5.76. The van der Waals surface area contributed by atoms with E-state index in [1.54, 1.807) is 0 Å². The van der Waals surface area contributed by atoms with Crippen molar-refractivity contribution in [2.24, 2.45) is 5.92 Å². The maximum atomic E-state index is 11.9. The van der Waals surface area contributed by atoms with Gasteiger partial charge in [-0.05, 0) is 18.8 Å². The lowest BCUT2D eigenvalue weighted by Crippen LogP contribution is -2.44. The van der Waals surface area contributed by atoms with Crippen LogP contribution in [0.4, 0.5) is 0 Å². The Hall–Kier alpha value is -0.610. The van der Waals surface area contributed by atoms with Crippen LogP contribution in [-0.4, -0.2) is 50.2 Å². The van der Waals surface area contributed by atoms with E-state index in [4.69, 9.17) is 4.74 Å². The van der Waals surface area contributed by atoms with Gasteiger partial charge in [-0.25, -0.2) is 0 Å². The molecule has 0 aromatic carbocycles. The summed E-state index contributed by atoms with van der Waals surface area (Å²) in [6.45, 7) is 7.57. The molecular formula is C13H26N2O2. The largest absolute Gasteiger partial charge is 0.378 e. The Labute approximate surface area is 105 Å². The molecule has 17 heavy (non-hydrogen) atoms. The van der Waals surface area contributed by atoms with Crippen molar-refractivity contribution in [3.05, 3.63) is 0 Å². The standard InChI is InChI=1S/C13H26N2O2/c1-11(2)5-4-7-15(3)13(16)9-12-10-17-8-6-14-12/h11-12,14H,4-10H2,1-3H3. The summed E-state index contributed by atoms with van der Waals surface area (Å²) in [7, 11) is 1.90. The van der Waals surface area contributed by atoms with Crippen molar-refractivity contribution in [3.63, 3.8) is 0 Å². The molecule has 1 fully saturated rings. The van der Waals surface area contributed by atoms with E-state index in [1.165, 1.54) is 6.42 Å². The number of hydrogen-bond donors (Lipinski definition) is 1. The Balaban J connectivity index is 2.16. The molecular weight excluding hydrogens is 216 g/mol. The van der Waals surface area contributed by atoms with E-state index in [2.05, 4.69) is 19.2 Å². The van der Waals surface area contributed by atoms with Crippen molar-refractivity contribution in [2.45, 2.75) is 39.2 Å². The third kappa shape index (κ3) is 6.03. The molecule has 1 amide bonds. The molecule has 1 heterocycles. The first-order valence-corrected chi connectivity index (χ1v) is 6.64. The number of carbonyl (C=O) groups is 1. The Morgan fingerprint density at radius 1 is 1.53 bits per heavy atom. The van der Waals surface area contributed by atoms with Crippen molar-refractivity contribution in [1.29, 1.82) is 0 Å². The molecule has 4 nitrogen and oxygen atoms in total. The Kier molecular flexibility index (Phi) is 6.52. The van der Waals surface area contributed by atoms with E-state index in [9.17, 15) is 4.79 Å². The second-order valence-electron chi connectivity index (χ2n) is 5.28. The summed E-state index contributed by atoms with van der Waals surface area (Å²) in [6, 6.07) is 0.198. The Morgan fingerprint density at radius 3 is 2.88 bits per heavy atom. The van der Waals surface area contributed by atoms with Crippen LogP contribution in [0.5, 0.6) is 0 Å². The molecule has 0 aromatic rings. The number of nitrogens with zero attached hydrogens (tertiary/aromatic N) is 1. The van der Waals surface area contributed by atoms with E-state index in [1.807, 2.05) is 11.9 Å². The van der Waals surface area contributed by atoms with Gasteiger partial charge in [0.1, 0.15) is 0 Å². The first-order chi connectivity index (χ1) is 8.09. The maximum Gasteiger partial charge on any atom is 0.223 e. The van der Waals surface area contributed by atoms with E-state index in [0.29, 0.717) is 18.9 Å². The lowest BCUT2D eigenvalue weighted by atomic mass is 10.1. The van der Waals surface area contributed by atoms with E-state index < -0.39 is 0 Å². The van der Waals surface area contributed by atoms with Gasteiger partial charge in [-0.1, -0.05) is 13.8 Å². The van der Waals surface area contributed by atoms with E-state index in [-0.39, 0.29) is 11.9 Å². The van der Waals surface area contributed by atoms with Gasteiger partial charge < -0.3 is 15.0 Å². The van der Waals surface area contributed by atoms with Gasteiger partial charge in [0.25, 0.3) is 0 Å². The minimum absolute atomic E-state index is 0.198. The number of morpholine rings is 1. The molecule has 0 radical (unpaired) electrons. The number of ether oxygens (including phenoxy) is 1. The molecule has 1 atom stereocenters.